The lowest BCUT2D eigenvalue weighted by Gasteiger charge is -2.32. The minimum Gasteiger partial charge on any atom is -0.445 e. The predicted molar refractivity (Wildman–Crippen MR) is 120 cm³/mol. The van der Waals surface area contributed by atoms with Crippen molar-refractivity contribution in [2.75, 3.05) is 6.54 Å². The van der Waals surface area contributed by atoms with Gasteiger partial charge >= 0.3 is 6.09 Å². The Labute approximate surface area is 182 Å². The highest BCUT2D eigenvalue weighted by molar-refractivity contribution is 7.10. The molecular weight excluding hydrogens is 404 g/mol. The predicted octanol–water partition coefficient (Wildman–Crippen LogP) is 5.67. The van der Waals surface area contributed by atoms with Crippen molar-refractivity contribution in [2.45, 2.75) is 66.2 Å². The summed E-state index contributed by atoms with van der Waals surface area (Å²) in [7, 11) is 0. The quantitative estimate of drug-likeness (QED) is 0.488. The van der Waals surface area contributed by atoms with Crippen LogP contribution >= 0.6 is 22.7 Å². The van der Waals surface area contributed by atoms with Gasteiger partial charge in [-0.25, -0.2) is 4.79 Å². The number of thiophene rings is 2. The topological polar surface area (TPSA) is 58.6 Å². The van der Waals surface area contributed by atoms with E-state index in [2.05, 4.69) is 12.2 Å². The number of ether oxygens (including phenoxy) is 1. The van der Waals surface area contributed by atoms with Crippen molar-refractivity contribution in [3.8, 4) is 0 Å². The molecule has 0 saturated carbocycles. The Kier molecular flexibility index (Phi) is 9.17. The standard InChI is InChI=1S/C22H32N2O3S2/c1-5-6-11-23-21(26)27-19(22(2,3)4)14-20(25)24(15-17-9-7-12-28-17)16-18-10-8-13-29-18/h7-10,12-13,19H,5-6,11,14-16H2,1-4H3,(H,23,26). The Bertz CT molecular complexity index is 700. The number of hydrogen-bond donors (Lipinski definition) is 1. The van der Waals surface area contributed by atoms with Gasteiger partial charge in [0.15, 0.2) is 0 Å². The Balaban J connectivity index is 2.06. The molecule has 7 heteroatoms. The monoisotopic (exact) mass is 436 g/mol. The normalized spacial score (nSPS) is 12.4. The average molecular weight is 437 g/mol. The summed E-state index contributed by atoms with van der Waals surface area (Å²) < 4.78 is 5.66. The smallest absolute Gasteiger partial charge is 0.407 e. The first-order chi connectivity index (χ1) is 13.8. The molecule has 1 unspecified atom stereocenters. The Morgan fingerprint density at radius 1 is 1.10 bits per heavy atom. The van der Waals surface area contributed by atoms with Crippen LogP contribution in [0.3, 0.4) is 0 Å². The van der Waals surface area contributed by atoms with Crippen LogP contribution in [0.5, 0.6) is 0 Å². The molecule has 0 spiro atoms. The molecule has 0 aliphatic heterocycles. The maximum atomic E-state index is 13.2. The number of hydrogen-bond acceptors (Lipinski definition) is 5. The number of rotatable bonds is 10. The summed E-state index contributed by atoms with van der Waals surface area (Å²) >= 11 is 3.28. The van der Waals surface area contributed by atoms with E-state index >= 15 is 0 Å². The molecule has 1 atom stereocenters. The molecule has 0 radical (unpaired) electrons. The van der Waals surface area contributed by atoms with Crippen LogP contribution in [-0.4, -0.2) is 29.5 Å². The highest BCUT2D eigenvalue weighted by atomic mass is 32.1. The number of amides is 2. The zero-order valence-electron chi connectivity index (χ0n) is 17.8. The fourth-order valence-corrected chi connectivity index (χ4v) is 4.20. The molecule has 2 rings (SSSR count). The first-order valence-electron chi connectivity index (χ1n) is 10.1. The van der Waals surface area contributed by atoms with Crippen molar-refractivity contribution in [1.29, 1.82) is 0 Å². The minimum atomic E-state index is -0.495. The second-order valence-corrected chi connectivity index (χ2v) is 10.2. The van der Waals surface area contributed by atoms with Gasteiger partial charge in [0.1, 0.15) is 6.10 Å². The van der Waals surface area contributed by atoms with Gasteiger partial charge in [0.25, 0.3) is 0 Å². The maximum Gasteiger partial charge on any atom is 0.407 e. The molecule has 5 nitrogen and oxygen atoms in total. The summed E-state index contributed by atoms with van der Waals surface area (Å²) in [4.78, 5) is 29.5. The van der Waals surface area contributed by atoms with Crippen LogP contribution in [0.25, 0.3) is 0 Å². The zero-order chi connectivity index (χ0) is 21.3. The van der Waals surface area contributed by atoms with E-state index in [1.807, 2.05) is 60.7 Å². The largest absolute Gasteiger partial charge is 0.445 e. The molecule has 29 heavy (non-hydrogen) atoms. The molecule has 1 N–H and O–H groups in total. The molecule has 2 heterocycles. The highest BCUT2D eigenvalue weighted by Gasteiger charge is 2.32. The van der Waals surface area contributed by atoms with Gasteiger partial charge in [0.2, 0.25) is 5.91 Å². The van der Waals surface area contributed by atoms with Gasteiger partial charge in [-0.1, -0.05) is 46.2 Å². The van der Waals surface area contributed by atoms with E-state index in [0.29, 0.717) is 19.6 Å². The summed E-state index contributed by atoms with van der Waals surface area (Å²) in [6.45, 7) is 9.76. The molecule has 0 fully saturated rings. The molecule has 0 aromatic carbocycles. The van der Waals surface area contributed by atoms with Gasteiger partial charge in [-0.3, -0.25) is 4.79 Å². The third kappa shape index (κ3) is 8.19. The van der Waals surface area contributed by atoms with Gasteiger partial charge in [-0.2, -0.15) is 0 Å². The number of nitrogens with one attached hydrogen (secondary N) is 1. The lowest BCUT2D eigenvalue weighted by atomic mass is 9.86. The van der Waals surface area contributed by atoms with Crippen LogP contribution in [0.4, 0.5) is 4.79 Å². The van der Waals surface area contributed by atoms with Crippen molar-refractivity contribution in [3.63, 3.8) is 0 Å². The van der Waals surface area contributed by atoms with Gasteiger partial charge in [-0.15, -0.1) is 22.7 Å². The summed E-state index contributed by atoms with van der Waals surface area (Å²) in [5.41, 5.74) is -0.338. The molecule has 0 saturated heterocycles. The van der Waals surface area contributed by atoms with E-state index in [1.54, 1.807) is 22.7 Å². The lowest BCUT2D eigenvalue weighted by molar-refractivity contribution is -0.136. The molecular formula is C22H32N2O3S2. The summed E-state index contributed by atoms with van der Waals surface area (Å²) in [6.07, 6.45) is 1.13. The van der Waals surface area contributed by atoms with Crippen LogP contribution in [0.15, 0.2) is 35.0 Å². The number of alkyl carbamates (subject to hydrolysis) is 1. The van der Waals surface area contributed by atoms with Crippen molar-refractivity contribution in [3.05, 3.63) is 44.8 Å². The second kappa shape index (κ2) is 11.4. The third-order valence-corrected chi connectivity index (χ3v) is 6.30. The molecule has 2 aromatic heterocycles. The molecule has 2 aromatic rings. The number of carbonyl (C=O) groups excluding carboxylic acids is 2. The van der Waals surface area contributed by atoms with E-state index in [1.165, 1.54) is 0 Å². The Morgan fingerprint density at radius 2 is 1.69 bits per heavy atom. The second-order valence-electron chi connectivity index (χ2n) is 8.15. The van der Waals surface area contributed by atoms with Crippen molar-refractivity contribution >= 4 is 34.7 Å². The first-order valence-corrected chi connectivity index (χ1v) is 11.8. The van der Waals surface area contributed by atoms with E-state index in [4.69, 9.17) is 4.74 Å². The van der Waals surface area contributed by atoms with Crippen LogP contribution in [0.2, 0.25) is 0 Å². The third-order valence-electron chi connectivity index (χ3n) is 4.58. The van der Waals surface area contributed by atoms with Gasteiger partial charge in [0, 0.05) is 16.3 Å². The zero-order valence-corrected chi connectivity index (χ0v) is 19.4. The van der Waals surface area contributed by atoms with Crippen LogP contribution in [0.1, 0.15) is 56.7 Å². The molecule has 0 aliphatic carbocycles. The summed E-state index contributed by atoms with van der Waals surface area (Å²) in [5, 5.41) is 6.82. The molecule has 160 valence electrons. The molecule has 0 bridgehead atoms. The average Bonchev–Trinajstić information content (AvgIpc) is 3.34. The number of unbranched alkanes of at least 4 members (excludes halogenated alkanes) is 1. The Hall–Kier alpha value is -1.86. The minimum absolute atomic E-state index is 0.00640. The molecule has 2 amide bonds. The van der Waals surface area contributed by atoms with Crippen molar-refractivity contribution < 1.29 is 14.3 Å². The van der Waals surface area contributed by atoms with Crippen LogP contribution in [-0.2, 0) is 22.6 Å². The van der Waals surface area contributed by atoms with E-state index in [0.717, 1.165) is 22.6 Å². The number of nitrogens with zero attached hydrogens (tertiary/aromatic N) is 1. The Morgan fingerprint density at radius 3 is 2.14 bits per heavy atom. The lowest BCUT2D eigenvalue weighted by Crippen LogP contribution is -2.41. The van der Waals surface area contributed by atoms with Crippen molar-refractivity contribution in [2.24, 2.45) is 5.41 Å². The van der Waals surface area contributed by atoms with E-state index < -0.39 is 12.2 Å². The van der Waals surface area contributed by atoms with Gasteiger partial charge in [-0.05, 0) is 34.7 Å². The fraction of sp³-hybridized carbons (Fsp3) is 0.545. The van der Waals surface area contributed by atoms with Gasteiger partial charge < -0.3 is 15.0 Å². The summed E-state index contributed by atoms with van der Waals surface area (Å²) in [6, 6.07) is 8.07. The van der Waals surface area contributed by atoms with Crippen LogP contribution in [0, 0.1) is 5.41 Å². The summed E-state index contributed by atoms with van der Waals surface area (Å²) in [5.74, 6) is -0.00640. The van der Waals surface area contributed by atoms with E-state index in [-0.39, 0.29) is 17.7 Å². The van der Waals surface area contributed by atoms with Gasteiger partial charge in [0.05, 0.1) is 19.5 Å². The highest BCUT2D eigenvalue weighted by Crippen LogP contribution is 2.27. The molecule has 0 aliphatic rings. The van der Waals surface area contributed by atoms with E-state index in [9.17, 15) is 9.59 Å². The van der Waals surface area contributed by atoms with Crippen molar-refractivity contribution in [1.82, 2.24) is 10.2 Å². The fourth-order valence-electron chi connectivity index (χ4n) is 2.76. The van der Waals surface area contributed by atoms with Crippen LogP contribution < -0.4 is 5.32 Å². The SMILES string of the molecule is CCCCNC(=O)OC(CC(=O)N(Cc1cccs1)Cc1cccs1)C(C)(C)C. The first kappa shape index (κ1) is 23.4. The number of carbonyl (C=O) groups is 2. The maximum absolute atomic E-state index is 13.2.